The Hall–Kier alpha value is -0.920. The fourth-order valence-corrected chi connectivity index (χ4v) is 1.77. The molecule has 0 amide bonds. The van der Waals surface area contributed by atoms with E-state index in [9.17, 15) is 0 Å². The molecule has 0 unspecified atom stereocenters. The van der Waals surface area contributed by atoms with Gasteiger partial charge in [-0.05, 0) is 24.8 Å². The minimum atomic E-state index is 0.411. The van der Waals surface area contributed by atoms with Gasteiger partial charge in [-0.3, -0.25) is 0 Å². The monoisotopic (exact) mass is 206 g/mol. The van der Waals surface area contributed by atoms with Gasteiger partial charge >= 0.3 is 0 Å². The van der Waals surface area contributed by atoms with Crippen LogP contribution in [0.3, 0.4) is 0 Å². The van der Waals surface area contributed by atoms with Gasteiger partial charge in [-0.2, -0.15) is 0 Å². The van der Waals surface area contributed by atoms with Crippen LogP contribution in [-0.4, -0.2) is 9.97 Å². The average molecular weight is 206 g/mol. The van der Waals surface area contributed by atoms with Crippen LogP contribution in [0.15, 0.2) is 0 Å². The molecule has 0 aliphatic carbocycles. The number of hydrogen-bond donors (Lipinski definition) is 0. The third-order valence-electron chi connectivity index (χ3n) is 2.70. The normalized spacial score (nSPS) is 11.5. The molecule has 2 nitrogen and oxygen atoms in total. The molecule has 0 aliphatic heterocycles. The van der Waals surface area contributed by atoms with Crippen LogP contribution >= 0.6 is 0 Å². The molecular weight excluding hydrogens is 184 g/mol. The summed E-state index contributed by atoms with van der Waals surface area (Å²) in [7, 11) is 0. The smallest absolute Gasteiger partial charge is 0.131 e. The standard InChI is InChI=1S/C13H22N2/c1-7-11-10(6)12(8(2)3)15-13(14-11)9(4)5/h8-9H,7H2,1-6H3. The van der Waals surface area contributed by atoms with Crippen molar-refractivity contribution in [1.82, 2.24) is 9.97 Å². The minimum Gasteiger partial charge on any atom is -0.237 e. The molecule has 0 N–H and O–H groups in total. The largest absolute Gasteiger partial charge is 0.237 e. The maximum absolute atomic E-state index is 4.67. The van der Waals surface area contributed by atoms with Crippen molar-refractivity contribution in [3.63, 3.8) is 0 Å². The highest BCUT2D eigenvalue weighted by molar-refractivity contribution is 5.27. The van der Waals surface area contributed by atoms with Crippen LogP contribution in [0, 0.1) is 6.92 Å². The zero-order valence-electron chi connectivity index (χ0n) is 10.8. The van der Waals surface area contributed by atoms with Crippen molar-refractivity contribution < 1.29 is 0 Å². The van der Waals surface area contributed by atoms with Crippen molar-refractivity contribution in [3.05, 3.63) is 22.8 Å². The average Bonchev–Trinajstić information content (AvgIpc) is 2.17. The Morgan fingerprint density at radius 3 is 2.00 bits per heavy atom. The predicted octanol–water partition coefficient (Wildman–Crippen LogP) is 3.59. The lowest BCUT2D eigenvalue weighted by atomic mass is 10.0. The summed E-state index contributed by atoms with van der Waals surface area (Å²) in [5.41, 5.74) is 3.69. The number of nitrogens with zero attached hydrogens (tertiary/aromatic N) is 2. The first kappa shape index (κ1) is 12.2. The molecule has 0 saturated heterocycles. The van der Waals surface area contributed by atoms with E-state index in [0.717, 1.165) is 12.2 Å². The van der Waals surface area contributed by atoms with E-state index in [-0.39, 0.29) is 0 Å². The lowest BCUT2D eigenvalue weighted by molar-refractivity contribution is 0.706. The van der Waals surface area contributed by atoms with Crippen LogP contribution in [-0.2, 0) is 6.42 Å². The van der Waals surface area contributed by atoms with Crippen LogP contribution in [0.4, 0.5) is 0 Å². The van der Waals surface area contributed by atoms with Gasteiger partial charge in [0, 0.05) is 17.3 Å². The lowest BCUT2D eigenvalue weighted by Gasteiger charge is -2.15. The van der Waals surface area contributed by atoms with Crippen molar-refractivity contribution in [2.45, 2.75) is 59.8 Å². The van der Waals surface area contributed by atoms with Crippen LogP contribution in [0.1, 0.15) is 69.2 Å². The van der Waals surface area contributed by atoms with E-state index in [4.69, 9.17) is 0 Å². The van der Waals surface area contributed by atoms with E-state index in [1.807, 2.05) is 0 Å². The predicted molar refractivity (Wildman–Crippen MR) is 64.3 cm³/mol. The highest BCUT2D eigenvalue weighted by Crippen LogP contribution is 2.21. The fraction of sp³-hybridized carbons (Fsp3) is 0.692. The highest BCUT2D eigenvalue weighted by Gasteiger charge is 2.13. The first-order chi connectivity index (χ1) is 6.97. The fourth-order valence-electron chi connectivity index (χ4n) is 1.77. The first-order valence-electron chi connectivity index (χ1n) is 5.84. The summed E-state index contributed by atoms with van der Waals surface area (Å²) >= 11 is 0. The zero-order chi connectivity index (χ0) is 11.6. The SMILES string of the molecule is CCc1nc(C(C)C)nc(C(C)C)c1C. The van der Waals surface area contributed by atoms with Gasteiger partial charge in [0.15, 0.2) is 0 Å². The number of rotatable bonds is 3. The molecule has 0 spiro atoms. The van der Waals surface area contributed by atoms with Gasteiger partial charge in [-0.1, -0.05) is 34.6 Å². The van der Waals surface area contributed by atoms with Crippen molar-refractivity contribution in [2.75, 3.05) is 0 Å². The summed E-state index contributed by atoms with van der Waals surface area (Å²) in [6, 6.07) is 0. The summed E-state index contributed by atoms with van der Waals surface area (Å²) in [5.74, 6) is 1.88. The highest BCUT2D eigenvalue weighted by atomic mass is 14.9. The maximum atomic E-state index is 4.67. The van der Waals surface area contributed by atoms with Crippen LogP contribution in [0.2, 0.25) is 0 Å². The molecule has 1 aromatic rings. The van der Waals surface area contributed by atoms with E-state index in [2.05, 4.69) is 51.5 Å². The molecule has 0 atom stereocenters. The van der Waals surface area contributed by atoms with Gasteiger partial charge in [0.25, 0.3) is 0 Å². The molecule has 1 aromatic heterocycles. The maximum Gasteiger partial charge on any atom is 0.131 e. The Kier molecular flexibility index (Phi) is 3.83. The molecule has 1 rings (SSSR count). The van der Waals surface area contributed by atoms with Crippen LogP contribution in [0.25, 0.3) is 0 Å². The molecule has 0 bridgehead atoms. The first-order valence-corrected chi connectivity index (χ1v) is 5.84. The molecular formula is C13H22N2. The van der Waals surface area contributed by atoms with Crippen molar-refractivity contribution in [3.8, 4) is 0 Å². The molecule has 0 radical (unpaired) electrons. The van der Waals surface area contributed by atoms with E-state index < -0.39 is 0 Å². The second-order valence-electron chi connectivity index (χ2n) is 4.70. The zero-order valence-corrected chi connectivity index (χ0v) is 10.8. The van der Waals surface area contributed by atoms with Gasteiger partial charge in [0.1, 0.15) is 5.82 Å². The Morgan fingerprint density at radius 2 is 1.60 bits per heavy atom. The summed E-state index contributed by atoms with van der Waals surface area (Å²) in [5, 5.41) is 0. The van der Waals surface area contributed by atoms with Crippen LogP contribution in [0.5, 0.6) is 0 Å². The second kappa shape index (κ2) is 4.73. The Labute approximate surface area is 93.2 Å². The Bertz CT molecular complexity index is 341. The van der Waals surface area contributed by atoms with Gasteiger partial charge < -0.3 is 0 Å². The van der Waals surface area contributed by atoms with Crippen molar-refractivity contribution >= 4 is 0 Å². The Balaban J connectivity index is 3.32. The summed E-state index contributed by atoms with van der Waals surface area (Å²) < 4.78 is 0. The topological polar surface area (TPSA) is 25.8 Å². The summed E-state index contributed by atoms with van der Waals surface area (Å²) in [4.78, 5) is 9.29. The van der Waals surface area contributed by atoms with E-state index in [0.29, 0.717) is 11.8 Å². The minimum absolute atomic E-state index is 0.411. The van der Waals surface area contributed by atoms with Gasteiger partial charge in [0.2, 0.25) is 0 Å². The molecule has 1 heterocycles. The lowest BCUT2D eigenvalue weighted by Crippen LogP contribution is -2.09. The molecule has 2 heteroatoms. The van der Waals surface area contributed by atoms with Gasteiger partial charge in [0.05, 0.1) is 0 Å². The number of hydrogen-bond acceptors (Lipinski definition) is 2. The third kappa shape index (κ3) is 2.55. The molecule has 15 heavy (non-hydrogen) atoms. The summed E-state index contributed by atoms with van der Waals surface area (Å²) in [6.07, 6.45) is 0.994. The molecule has 0 aromatic carbocycles. The second-order valence-corrected chi connectivity index (χ2v) is 4.70. The summed E-state index contributed by atoms with van der Waals surface area (Å²) in [6.45, 7) is 13.0. The number of aryl methyl sites for hydroxylation is 1. The number of aromatic nitrogens is 2. The van der Waals surface area contributed by atoms with E-state index in [1.54, 1.807) is 0 Å². The molecule has 0 saturated carbocycles. The van der Waals surface area contributed by atoms with Crippen LogP contribution < -0.4 is 0 Å². The quantitative estimate of drug-likeness (QED) is 0.755. The van der Waals surface area contributed by atoms with E-state index >= 15 is 0 Å². The van der Waals surface area contributed by atoms with Gasteiger partial charge in [-0.15, -0.1) is 0 Å². The van der Waals surface area contributed by atoms with E-state index in [1.165, 1.54) is 17.0 Å². The van der Waals surface area contributed by atoms with Crippen molar-refractivity contribution in [1.29, 1.82) is 0 Å². The molecule has 0 fully saturated rings. The van der Waals surface area contributed by atoms with Gasteiger partial charge in [-0.25, -0.2) is 9.97 Å². The molecule has 84 valence electrons. The third-order valence-corrected chi connectivity index (χ3v) is 2.70. The van der Waals surface area contributed by atoms with Crippen molar-refractivity contribution in [2.24, 2.45) is 0 Å². The molecule has 0 aliphatic rings. The Morgan fingerprint density at radius 1 is 1.00 bits per heavy atom.